The summed E-state index contributed by atoms with van der Waals surface area (Å²) in [6.45, 7) is 3.48. The first-order valence-electron chi connectivity index (χ1n) is 8.46. The minimum absolute atomic E-state index is 0.133. The SMILES string of the molecule is CC1CCN(C(=O)c2cc(C(=O)Nc3ccc(F)cc3F)ccn2)CC1. The van der Waals surface area contributed by atoms with E-state index in [4.69, 9.17) is 0 Å². The van der Waals surface area contributed by atoms with Crippen LogP contribution in [-0.2, 0) is 0 Å². The summed E-state index contributed by atoms with van der Waals surface area (Å²) >= 11 is 0. The molecule has 7 heteroatoms. The van der Waals surface area contributed by atoms with Crippen molar-refractivity contribution in [2.45, 2.75) is 19.8 Å². The Hall–Kier alpha value is -2.83. The number of amides is 2. The third-order valence-corrected chi connectivity index (χ3v) is 4.49. The van der Waals surface area contributed by atoms with Crippen molar-refractivity contribution in [2.75, 3.05) is 18.4 Å². The summed E-state index contributed by atoms with van der Waals surface area (Å²) in [5.74, 6) is -1.83. The molecular weight excluding hydrogens is 340 g/mol. The van der Waals surface area contributed by atoms with E-state index in [1.807, 2.05) is 0 Å². The summed E-state index contributed by atoms with van der Waals surface area (Å²) in [4.78, 5) is 30.7. The van der Waals surface area contributed by atoms with Crippen LogP contribution in [0, 0.1) is 17.6 Å². The number of carbonyl (C=O) groups is 2. The molecule has 3 rings (SSSR count). The van der Waals surface area contributed by atoms with Crippen LogP contribution in [0.15, 0.2) is 36.5 Å². The number of carbonyl (C=O) groups excluding carboxylic acids is 2. The number of nitrogens with zero attached hydrogens (tertiary/aromatic N) is 2. The largest absolute Gasteiger partial charge is 0.337 e. The molecule has 1 fully saturated rings. The number of anilines is 1. The number of pyridine rings is 1. The van der Waals surface area contributed by atoms with E-state index in [2.05, 4.69) is 17.2 Å². The standard InChI is InChI=1S/C19H19F2N3O2/c1-12-5-8-24(9-6-12)19(26)17-10-13(4-7-22-17)18(25)23-16-3-2-14(20)11-15(16)21/h2-4,7,10-12H,5-6,8-9H2,1H3,(H,23,25). The molecule has 0 atom stereocenters. The van der Waals surface area contributed by atoms with Crippen LogP contribution in [0.5, 0.6) is 0 Å². The lowest BCUT2D eigenvalue weighted by atomic mass is 9.99. The molecular formula is C19H19F2N3O2. The molecule has 26 heavy (non-hydrogen) atoms. The van der Waals surface area contributed by atoms with Crippen LogP contribution in [0.3, 0.4) is 0 Å². The molecule has 0 bridgehead atoms. The molecule has 2 heterocycles. The number of aromatic nitrogens is 1. The van der Waals surface area contributed by atoms with Gasteiger partial charge in [0.2, 0.25) is 0 Å². The quantitative estimate of drug-likeness (QED) is 0.913. The average Bonchev–Trinajstić information content (AvgIpc) is 2.64. The molecule has 0 unspecified atom stereocenters. The van der Waals surface area contributed by atoms with E-state index in [0.29, 0.717) is 25.1 Å². The molecule has 136 valence electrons. The number of hydrogen-bond acceptors (Lipinski definition) is 3. The van der Waals surface area contributed by atoms with Crippen molar-refractivity contribution in [1.29, 1.82) is 0 Å². The third-order valence-electron chi connectivity index (χ3n) is 4.49. The molecule has 5 nitrogen and oxygen atoms in total. The minimum atomic E-state index is -0.869. The number of nitrogens with one attached hydrogen (secondary N) is 1. The highest BCUT2D eigenvalue weighted by atomic mass is 19.1. The van der Waals surface area contributed by atoms with Gasteiger partial charge < -0.3 is 10.2 Å². The molecule has 0 aliphatic carbocycles. The second kappa shape index (κ2) is 7.59. The van der Waals surface area contributed by atoms with E-state index >= 15 is 0 Å². The lowest BCUT2D eigenvalue weighted by Crippen LogP contribution is -2.38. The maximum Gasteiger partial charge on any atom is 0.272 e. The molecule has 0 spiro atoms. The van der Waals surface area contributed by atoms with Gasteiger partial charge >= 0.3 is 0 Å². The Morgan fingerprint density at radius 2 is 1.88 bits per heavy atom. The van der Waals surface area contributed by atoms with Crippen LogP contribution in [0.2, 0.25) is 0 Å². The molecule has 0 radical (unpaired) electrons. The van der Waals surface area contributed by atoms with Crippen molar-refractivity contribution >= 4 is 17.5 Å². The van der Waals surface area contributed by atoms with Gasteiger partial charge in [-0.15, -0.1) is 0 Å². The maximum absolute atomic E-state index is 13.7. The van der Waals surface area contributed by atoms with Crippen molar-refractivity contribution in [1.82, 2.24) is 9.88 Å². The van der Waals surface area contributed by atoms with Crippen molar-refractivity contribution in [3.63, 3.8) is 0 Å². The van der Waals surface area contributed by atoms with Gasteiger partial charge in [-0.25, -0.2) is 8.78 Å². The average molecular weight is 359 g/mol. The molecule has 1 aromatic heterocycles. The number of halogens is 2. The highest BCUT2D eigenvalue weighted by molar-refractivity contribution is 6.05. The number of likely N-dealkylation sites (tertiary alicyclic amines) is 1. The van der Waals surface area contributed by atoms with Crippen LogP contribution < -0.4 is 5.32 Å². The van der Waals surface area contributed by atoms with E-state index in [1.54, 1.807) is 4.90 Å². The van der Waals surface area contributed by atoms with Crippen molar-refractivity contribution < 1.29 is 18.4 Å². The second-order valence-electron chi connectivity index (χ2n) is 6.48. The Kier molecular flexibility index (Phi) is 5.25. The highest BCUT2D eigenvalue weighted by Crippen LogP contribution is 2.19. The van der Waals surface area contributed by atoms with E-state index in [0.717, 1.165) is 25.0 Å². The number of hydrogen-bond donors (Lipinski definition) is 1. The normalized spacial score (nSPS) is 15.0. The van der Waals surface area contributed by atoms with Crippen molar-refractivity contribution in [2.24, 2.45) is 5.92 Å². The van der Waals surface area contributed by atoms with Gasteiger partial charge in [-0.3, -0.25) is 14.6 Å². The Morgan fingerprint density at radius 3 is 2.58 bits per heavy atom. The minimum Gasteiger partial charge on any atom is -0.337 e. The monoisotopic (exact) mass is 359 g/mol. The van der Waals surface area contributed by atoms with Gasteiger partial charge in [-0.2, -0.15) is 0 Å². The van der Waals surface area contributed by atoms with E-state index < -0.39 is 17.5 Å². The first-order valence-corrected chi connectivity index (χ1v) is 8.46. The lowest BCUT2D eigenvalue weighted by Gasteiger charge is -2.30. The summed E-state index contributed by atoms with van der Waals surface area (Å²) in [5, 5.41) is 2.37. The molecule has 1 N–H and O–H groups in total. The van der Waals surface area contributed by atoms with Gasteiger partial charge in [0, 0.05) is 30.9 Å². The van der Waals surface area contributed by atoms with Crippen LogP contribution >= 0.6 is 0 Å². The fourth-order valence-corrected chi connectivity index (χ4v) is 2.85. The molecule has 1 aromatic carbocycles. The number of rotatable bonds is 3. The Bertz CT molecular complexity index is 833. The van der Waals surface area contributed by atoms with Crippen LogP contribution in [0.4, 0.5) is 14.5 Å². The van der Waals surface area contributed by atoms with Gasteiger partial charge in [-0.05, 0) is 43.0 Å². The van der Waals surface area contributed by atoms with Gasteiger partial charge in [0.25, 0.3) is 11.8 Å². The first-order chi connectivity index (χ1) is 12.4. The van der Waals surface area contributed by atoms with Crippen LogP contribution in [-0.4, -0.2) is 34.8 Å². The van der Waals surface area contributed by atoms with Gasteiger partial charge in [0.15, 0.2) is 0 Å². The Labute approximate surface area is 150 Å². The number of piperidine rings is 1. The van der Waals surface area contributed by atoms with Gasteiger partial charge in [-0.1, -0.05) is 6.92 Å². The molecule has 2 aromatic rings. The third kappa shape index (κ3) is 4.04. The molecule has 2 amide bonds. The van der Waals surface area contributed by atoms with Crippen molar-refractivity contribution in [3.05, 3.63) is 59.4 Å². The molecule has 1 aliphatic rings. The zero-order valence-electron chi connectivity index (χ0n) is 14.3. The molecule has 0 saturated carbocycles. The van der Waals surface area contributed by atoms with Gasteiger partial charge in [0.1, 0.15) is 17.3 Å². The van der Waals surface area contributed by atoms with Crippen LogP contribution in [0.25, 0.3) is 0 Å². The Morgan fingerprint density at radius 1 is 1.15 bits per heavy atom. The first kappa shape index (κ1) is 18.0. The lowest BCUT2D eigenvalue weighted by molar-refractivity contribution is 0.0691. The van der Waals surface area contributed by atoms with Crippen molar-refractivity contribution in [3.8, 4) is 0 Å². The fraction of sp³-hybridized carbons (Fsp3) is 0.316. The predicted octanol–water partition coefficient (Wildman–Crippen LogP) is 3.48. The fourth-order valence-electron chi connectivity index (χ4n) is 2.85. The smallest absolute Gasteiger partial charge is 0.272 e. The summed E-state index contributed by atoms with van der Waals surface area (Å²) < 4.78 is 26.6. The second-order valence-corrected chi connectivity index (χ2v) is 6.48. The van der Waals surface area contributed by atoms with Crippen LogP contribution in [0.1, 0.15) is 40.6 Å². The summed E-state index contributed by atoms with van der Waals surface area (Å²) in [5.41, 5.74) is 0.218. The zero-order chi connectivity index (χ0) is 18.7. The van der Waals surface area contributed by atoms with E-state index in [1.165, 1.54) is 18.3 Å². The topological polar surface area (TPSA) is 62.3 Å². The molecule has 1 aliphatic heterocycles. The van der Waals surface area contributed by atoms with Gasteiger partial charge in [0.05, 0.1) is 5.69 Å². The Balaban J connectivity index is 1.74. The van der Waals surface area contributed by atoms with E-state index in [-0.39, 0.29) is 22.9 Å². The molecule has 1 saturated heterocycles. The maximum atomic E-state index is 13.7. The summed E-state index contributed by atoms with van der Waals surface area (Å²) in [6.07, 6.45) is 3.25. The summed E-state index contributed by atoms with van der Waals surface area (Å²) in [7, 11) is 0. The van der Waals surface area contributed by atoms with E-state index in [9.17, 15) is 18.4 Å². The predicted molar refractivity (Wildman–Crippen MR) is 92.8 cm³/mol. The summed E-state index contributed by atoms with van der Waals surface area (Å²) in [6, 6.07) is 5.71. The highest BCUT2D eigenvalue weighted by Gasteiger charge is 2.23. The number of benzene rings is 1. The zero-order valence-corrected chi connectivity index (χ0v) is 14.3.